The van der Waals surface area contributed by atoms with Crippen LogP contribution in [0.25, 0.3) is 0 Å². The van der Waals surface area contributed by atoms with Gasteiger partial charge in [0.15, 0.2) is 0 Å². The number of Topliss-reactive ketones (excluding diaryl/α,β-unsaturated/α-hetero) is 1. The molecule has 3 aliphatic heterocycles. The largest absolute Gasteiger partial charge is 0.378 e. The van der Waals surface area contributed by atoms with Gasteiger partial charge < -0.3 is 10.0 Å². The molecular formula is C15H26N2O2. The van der Waals surface area contributed by atoms with Gasteiger partial charge in [0.2, 0.25) is 0 Å². The molecule has 3 saturated heterocycles. The van der Waals surface area contributed by atoms with E-state index in [9.17, 15) is 9.90 Å². The Morgan fingerprint density at radius 2 is 1.79 bits per heavy atom. The second-order valence-electron chi connectivity index (χ2n) is 6.90. The molecule has 2 bridgehead atoms. The molecule has 0 aromatic carbocycles. The lowest BCUT2D eigenvalue weighted by Crippen LogP contribution is -2.61. The van der Waals surface area contributed by atoms with Crippen molar-refractivity contribution < 1.29 is 9.90 Å². The Labute approximate surface area is 115 Å². The van der Waals surface area contributed by atoms with Gasteiger partial charge in [-0.1, -0.05) is 0 Å². The monoisotopic (exact) mass is 266 g/mol. The van der Waals surface area contributed by atoms with Crippen molar-refractivity contribution in [1.82, 2.24) is 9.80 Å². The fourth-order valence-electron chi connectivity index (χ4n) is 4.43. The molecule has 19 heavy (non-hydrogen) atoms. The summed E-state index contributed by atoms with van der Waals surface area (Å²) in [6.45, 7) is 5.77. The molecule has 4 fully saturated rings. The predicted molar refractivity (Wildman–Crippen MR) is 73.6 cm³/mol. The van der Waals surface area contributed by atoms with Crippen molar-refractivity contribution >= 4 is 5.78 Å². The van der Waals surface area contributed by atoms with E-state index in [0.717, 1.165) is 39.0 Å². The highest BCUT2D eigenvalue weighted by Crippen LogP contribution is 2.46. The highest BCUT2D eigenvalue weighted by atomic mass is 16.3. The molecule has 1 saturated carbocycles. The minimum absolute atomic E-state index is 0.285. The zero-order valence-corrected chi connectivity index (χ0v) is 12.1. The molecule has 3 unspecified atom stereocenters. The van der Waals surface area contributed by atoms with Gasteiger partial charge in [-0.15, -0.1) is 0 Å². The van der Waals surface area contributed by atoms with Gasteiger partial charge >= 0.3 is 0 Å². The van der Waals surface area contributed by atoms with Crippen molar-refractivity contribution in [3.05, 3.63) is 0 Å². The van der Waals surface area contributed by atoms with Crippen LogP contribution in [0.3, 0.4) is 0 Å². The maximum Gasteiger partial charge on any atom is 0.133 e. The first-order valence-corrected chi connectivity index (χ1v) is 7.67. The van der Waals surface area contributed by atoms with E-state index in [1.165, 1.54) is 6.42 Å². The zero-order chi connectivity index (χ0) is 13.6. The van der Waals surface area contributed by atoms with Gasteiger partial charge in [-0.2, -0.15) is 0 Å². The average Bonchev–Trinajstić information content (AvgIpc) is 2.38. The number of carbonyl (C=O) groups excluding carboxylic acids is 1. The smallest absolute Gasteiger partial charge is 0.133 e. The molecule has 0 aromatic rings. The Balaban J connectivity index is 1.55. The number of aliphatic hydroxyl groups excluding tert-OH is 1. The highest BCUT2D eigenvalue weighted by Gasteiger charge is 2.50. The summed E-state index contributed by atoms with van der Waals surface area (Å²) < 4.78 is 0. The number of aliphatic hydroxyl groups is 1. The van der Waals surface area contributed by atoms with Crippen molar-refractivity contribution in [2.24, 2.45) is 23.7 Å². The summed E-state index contributed by atoms with van der Waals surface area (Å²) in [5, 5.41) is 10.6. The number of piperidine rings is 3. The first-order chi connectivity index (χ1) is 9.06. The number of likely N-dealkylation sites (tertiary alicyclic amines) is 1. The first-order valence-electron chi connectivity index (χ1n) is 7.67. The quantitative estimate of drug-likeness (QED) is 0.821. The molecule has 0 spiro atoms. The molecular weight excluding hydrogens is 240 g/mol. The van der Waals surface area contributed by atoms with Crippen LogP contribution < -0.4 is 0 Å². The van der Waals surface area contributed by atoms with Crippen LogP contribution in [0.15, 0.2) is 0 Å². The van der Waals surface area contributed by atoms with Crippen molar-refractivity contribution in [1.29, 1.82) is 0 Å². The van der Waals surface area contributed by atoms with Gasteiger partial charge in [0.25, 0.3) is 0 Å². The molecule has 3 atom stereocenters. The van der Waals surface area contributed by atoms with E-state index >= 15 is 0 Å². The minimum atomic E-state index is -0.285. The van der Waals surface area contributed by atoms with E-state index in [1.807, 2.05) is 0 Å². The number of ketones is 1. The molecule has 108 valence electrons. The summed E-state index contributed by atoms with van der Waals surface area (Å²) in [5.74, 6) is 2.09. The van der Waals surface area contributed by atoms with Crippen LogP contribution >= 0.6 is 0 Å². The number of rotatable bonds is 3. The third-order valence-corrected chi connectivity index (χ3v) is 5.59. The van der Waals surface area contributed by atoms with Gasteiger partial charge in [0, 0.05) is 24.9 Å². The summed E-state index contributed by atoms with van der Waals surface area (Å²) in [6, 6.07) is 0. The summed E-state index contributed by atoms with van der Waals surface area (Å²) in [4.78, 5) is 16.1. The third kappa shape index (κ3) is 2.46. The molecule has 1 N–H and O–H groups in total. The Morgan fingerprint density at radius 1 is 1.21 bits per heavy atom. The van der Waals surface area contributed by atoms with Crippen molar-refractivity contribution in [2.75, 3.05) is 33.2 Å². The molecule has 1 aliphatic carbocycles. The Hall–Kier alpha value is -0.450. The van der Waals surface area contributed by atoms with E-state index < -0.39 is 0 Å². The number of hydrogen-bond acceptors (Lipinski definition) is 4. The van der Waals surface area contributed by atoms with E-state index in [-0.39, 0.29) is 6.23 Å². The van der Waals surface area contributed by atoms with Gasteiger partial charge in [-0.05, 0) is 58.2 Å². The summed E-state index contributed by atoms with van der Waals surface area (Å²) in [6.07, 6.45) is 3.10. The molecule has 4 heteroatoms. The molecule has 0 amide bonds. The molecule has 3 heterocycles. The van der Waals surface area contributed by atoms with E-state index in [1.54, 1.807) is 6.92 Å². The zero-order valence-electron chi connectivity index (χ0n) is 12.1. The maximum absolute atomic E-state index is 11.6. The van der Waals surface area contributed by atoms with Gasteiger partial charge in [0.05, 0.1) is 0 Å². The van der Waals surface area contributed by atoms with Crippen LogP contribution in [0, 0.1) is 23.7 Å². The fourth-order valence-corrected chi connectivity index (χ4v) is 4.43. The van der Waals surface area contributed by atoms with Crippen LogP contribution in [0.5, 0.6) is 0 Å². The topological polar surface area (TPSA) is 43.8 Å². The number of fused-ring (bicyclic) bond motifs is 2. The molecule has 0 aromatic heterocycles. The van der Waals surface area contributed by atoms with Gasteiger partial charge in [-0.25, -0.2) is 0 Å². The standard InChI is InChI=1S/C15H26N2O2/c1-10(18)14-12-7-13(14)9-17(8-12)15(19)11-3-5-16(2)6-4-11/h11-15,19H,3-9H2,1-2H3. The minimum Gasteiger partial charge on any atom is -0.378 e. The Kier molecular flexibility index (Phi) is 3.67. The summed E-state index contributed by atoms with van der Waals surface area (Å²) >= 11 is 0. The first kappa shape index (κ1) is 13.5. The van der Waals surface area contributed by atoms with Crippen LogP contribution in [0.1, 0.15) is 26.2 Å². The van der Waals surface area contributed by atoms with Gasteiger partial charge in [-0.3, -0.25) is 9.69 Å². The molecule has 4 rings (SSSR count). The van der Waals surface area contributed by atoms with E-state index in [0.29, 0.717) is 29.5 Å². The van der Waals surface area contributed by atoms with Crippen LogP contribution in [0.4, 0.5) is 0 Å². The van der Waals surface area contributed by atoms with Crippen LogP contribution in [-0.4, -0.2) is 60.1 Å². The third-order valence-electron chi connectivity index (χ3n) is 5.59. The second kappa shape index (κ2) is 5.15. The van der Waals surface area contributed by atoms with Gasteiger partial charge in [0.1, 0.15) is 12.0 Å². The predicted octanol–water partition coefficient (Wildman–Crippen LogP) is 0.803. The fraction of sp³-hybridized carbons (Fsp3) is 0.933. The lowest BCUT2D eigenvalue weighted by molar-refractivity contribution is -0.155. The van der Waals surface area contributed by atoms with E-state index in [2.05, 4.69) is 16.8 Å². The number of hydrogen-bond donors (Lipinski definition) is 1. The number of nitrogens with zero attached hydrogens (tertiary/aromatic N) is 2. The molecule has 0 radical (unpaired) electrons. The Morgan fingerprint density at radius 3 is 2.32 bits per heavy atom. The van der Waals surface area contributed by atoms with Crippen molar-refractivity contribution in [3.63, 3.8) is 0 Å². The summed E-state index contributed by atoms with van der Waals surface area (Å²) in [5.41, 5.74) is 0. The molecule has 4 aliphatic rings. The van der Waals surface area contributed by atoms with Crippen molar-refractivity contribution in [3.8, 4) is 0 Å². The SMILES string of the molecule is CC(=O)C1C2CC1CN(C(O)C1CCN(C)CC1)C2. The average molecular weight is 266 g/mol. The highest BCUT2D eigenvalue weighted by molar-refractivity contribution is 5.80. The lowest BCUT2D eigenvalue weighted by Gasteiger charge is -2.54. The molecule has 4 nitrogen and oxygen atoms in total. The Bertz CT molecular complexity index is 340. The lowest BCUT2D eigenvalue weighted by atomic mass is 9.60. The summed E-state index contributed by atoms with van der Waals surface area (Å²) in [7, 11) is 2.15. The number of carbonyl (C=O) groups is 1. The van der Waals surface area contributed by atoms with Crippen LogP contribution in [0.2, 0.25) is 0 Å². The second-order valence-corrected chi connectivity index (χ2v) is 6.90. The van der Waals surface area contributed by atoms with Crippen LogP contribution in [-0.2, 0) is 4.79 Å². The van der Waals surface area contributed by atoms with E-state index in [4.69, 9.17) is 0 Å². The normalized spacial score (nSPS) is 38.8. The maximum atomic E-state index is 11.6. The van der Waals surface area contributed by atoms with Crippen molar-refractivity contribution in [2.45, 2.75) is 32.4 Å².